The number of nitrogens with zero attached hydrogens (tertiary/aromatic N) is 2. The summed E-state index contributed by atoms with van der Waals surface area (Å²) >= 11 is 0. The number of hydrogen-bond donors (Lipinski definition) is 1. The van der Waals surface area contributed by atoms with Gasteiger partial charge in [0.1, 0.15) is 5.82 Å². The molecule has 2 aromatic rings. The molecule has 1 heterocycles. The van der Waals surface area contributed by atoms with Crippen LogP contribution in [0.25, 0.3) is 0 Å². The molecular formula is C11H12FN3O2S. The van der Waals surface area contributed by atoms with Gasteiger partial charge in [0.25, 0.3) is 10.0 Å². The minimum Gasteiger partial charge on any atom is -0.266 e. The molecule has 0 saturated heterocycles. The number of benzene rings is 1. The normalized spacial score (nSPS) is 11.4. The molecule has 0 atom stereocenters. The van der Waals surface area contributed by atoms with Crippen LogP contribution in [0.3, 0.4) is 0 Å². The maximum atomic E-state index is 12.8. The standard InChI is InChI=1S/C11H12FN3O2S/c1-2-15(10-5-3-9(12)4-6-10)18(16,17)11-7-8-13-14-11/h3-8H,2H2,1H3,(H,13,14). The van der Waals surface area contributed by atoms with Gasteiger partial charge in [-0.2, -0.15) is 13.5 Å². The van der Waals surface area contributed by atoms with Crippen molar-refractivity contribution in [2.75, 3.05) is 10.8 Å². The van der Waals surface area contributed by atoms with Gasteiger partial charge in [0.05, 0.1) is 11.9 Å². The Morgan fingerprint density at radius 3 is 2.44 bits per heavy atom. The maximum Gasteiger partial charge on any atom is 0.281 e. The molecule has 96 valence electrons. The van der Waals surface area contributed by atoms with Crippen molar-refractivity contribution in [3.05, 3.63) is 42.3 Å². The van der Waals surface area contributed by atoms with Crippen molar-refractivity contribution in [2.24, 2.45) is 0 Å². The van der Waals surface area contributed by atoms with Crippen molar-refractivity contribution >= 4 is 15.7 Å². The second-order valence-corrected chi connectivity index (χ2v) is 5.40. The molecule has 0 spiro atoms. The Kier molecular flexibility index (Phi) is 3.33. The van der Waals surface area contributed by atoms with E-state index in [0.717, 1.165) is 0 Å². The number of hydrogen-bond acceptors (Lipinski definition) is 3. The number of halogens is 1. The summed E-state index contributed by atoms with van der Waals surface area (Å²) < 4.78 is 38.6. The second kappa shape index (κ2) is 4.77. The summed E-state index contributed by atoms with van der Waals surface area (Å²) in [7, 11) is -3.68. The molecule has 5 nitrogen and oxygen atoms in total. The van der Waals surface area contributed by atoms with E-state index >= 15 is 0 Å². The van der Waals surface area contributed by atoms with Crippen LogP contribution in [-0.4, -0.2) is 25.2 Å². The van der Waals surface area contributed by atoms with Crippen LogP contribution in [0.4, 0.5) is 10.1 Å². The average molecular weight is 269 g/mol. The van der Waals surface area contributed by atoms with Gasteiger partial charge in [-0.25, -0.2) is 4.39 Å². The second-order valence-electron chi connectivity index (χ2n) is 3.57. The first-order valence-corrected chi connectivity index (χ1v) is 6.77. The van der Waals surface area contributed by atoms with Crippen molar-refractivity contribution in [2.45, 2.75) is 11.9 Å². The zero-order valence-electron chi connectivity index (χ0n) is 9.67. The lowest BCUT2D eigenvalue weighted by atomic mass is 10.3. The minimum absolute atomic E-state index is 0.00803. The van der Waals surface area contributed by atoms with E-state index < -0.39 is 15.8 Å². The highest BCUT2D eigenvalue weighted by Gasteiger charge is 2.24. The first-order valence-electron chi connectivity index (χ1n) is 5.33. The van der Waals surface area contributed by atoms with Crippen molar-refractivity contribution < 1.29 is 12.8 Å². The lowest BCUT2D eigenvalue weighted by Crippen LogP contribution is -2.31. The number of rotatable bonds is 4. The molecule has 0 bridgehead atoms. The molecule has 7 heteroatoms. The van der Waals surface area contributed by atoms with Gasteiger partial charge in [-0.05, 0) is 37.3 Å². The van der Waals surface area contributed by atoms with E-state index in [0.29, 0.717) is 5.69 Å². The Balaban J connectivity index is 2.43. The number of H-pyrrole nitrogens is 1. The third-order valence-corrected chi connectivity index (χ3v) is 4.28. The maximum absolute atomic E-state index is 12.8. The summed E-state index contributed by atoms with van der Waals surface area (Å²) in [5.41, 5.74) is 0.411. The quantitative estimate of drug-likeness (QED) is 0.919. The number of aromatic amines is 1. The molecule has 0 saturated carbocycles. The molecule has 1 aromatic heterocycles. The summed E-state index contributed by atoms with van der Waals surface area (Å²) in [4.78, 5) is 0. The van der Waals surface area contributed by atoms with Crippen LogP contribution in [0.2, 0.25) is 0 Å². The van der Waals surface area contributed by atoms with Crippen molar-refractivity contribution in [3.63, 3.8) is 0 Å². The summed E-state index contributed by atoms with van der Waals surface area (Å²) in [5, 5.41) is 6.05. The highest BCUT2D eigenvalue weighted by atomic mass is 32.2. The highest BCUT2D eigenvalue weighted by Crippen LogP contribution is 2.22. The van der Waals surface area contributed by atoms with Crippen LogP contribution in [0.5, 0.6) is 0 Å². The Morgan fingerprint density at radius 2 is 1.94 bits per heavy atom. The van der Waals surface area contributed by atoms with E-state index in [1.807, 2.05) is 0 Å². The van der Waals surface area contributed by atoms with Gasteiger partial charge >= 0.3 is 0 Å². The van der Waals surface area contributed by atoms with E-state index in [-0.39, 0.29) is 11.6 Å². The molecule has 0 amide bonds. The molecule has 2 rings (SSSR count). The molecule has 18 heavy (non-hydrogen) atoms. The third kappa shape index (κ3) is 2.21. The smallest absolute Gasteiger partial charge is 0.266 e. The fourth-order valence-corrected chi connectivity index (χ4v) is 2.98. The van der Waals surface area contributed by atoms with E-state index in [4.69, 9.17) is 0 Å². The molecular weight excluding hydrogens is 257 g/mol. The SMILES string of the molecule is CCN(c1ccc(F)cc1)S(=O)(=O)c1ccn[nH]1. The lowest BCUT2D eigenvalue weighted by molar-refractivity contribution is 0.587. The zero-order valence-corrected chi connectivity index (χ0v) is 10.5. The van der Waals surface area contributed by atoms with Gasteiger partial charge in [0, 0.05) is 6.54 Å². The highest BCUT2D eigenvalue weighted by molar-refractivity contribution is 7.92. The first-order chi connectivity index (χ1) is 8.55. The molecule has 0 aliphatic carbocycles. The van der Waals surface area contributed by atoms with Crippen molar-refractivity contribution in [1.82, 2.24) is 10.2 Å². The van der Waals surface area contributed by atoms with E-state index in [2.05, 4.69) is 10.2 Å². The predicted octanol–water partition coefficient (Wildman–Crippen LogP) is 1.76. The van der Waals surface area contributed by atoms with Crippen LogP contribution in [0.15, 0.2) is 41.6 Å². The molecule has 1 aromatic carbocycles. The molecule has 0 aliphatic heterocycles. The lowest BCUT2D eigenvalue weighted by Gasteiger charge is -2.21. The third-order valence-electron chi connectivity index (χ3n) is 2.45. The van der Waals surface area contributed by atoms with Crippen LogP contribution in [0, 0.1) is 5.82 Å². The Morgan fingerprint density at radius 1 is 1.28 bits per heavy atom. The predicted molar refractivity (Wildman–Crippen MR) is 65.2 cm³/mol. The molecule has 1 N–H and O–H groups in total. The summed E-state index contributed by atoms with van der Waals surface area (Å²) in [5.74, 6) is -0.409. The average Bonchev–Trinajstić information content (AvgIpc) is 2.86. The van der Waals surface area contributed by atoms with Gasteiger partial charge in [-0.3, -0.25) is 9.40 Å². The number of nitrogens with one attached hydrogen (secondary N) is 1. The van der Waals surface area contributed by atoms with Gasteiger partial charge in [0.15, 0.2) is 5.03 Å². The first kappa shape index (κ1) is 12.6. The van der Waals surface area contributed by atoms with E-state index in [1.165, 1.54) is 40.8 Å². The summed E-state index contributed by atoms with van der Waals surface area (Å²) in [6.07, 6.45) is 1.37. The monoisotopic (exact) mass is 269 g/mol. The number of aromatic nitrogens is 2. The number of anilines is 1. The van der Waals surface area contributed by atoms with Gasteiger partial charge < -0.3 is 0 Å². The van der Waals surface area contributed by atoms with Crippen LogP contribution < -0.4 is 4.31 Å². The minimum atomic E-state index is -3.68. The van der Waals surface area contributed by atoms with Crippen molar-refractivity contribution in [1.29, 1.82) is 0 Å². The van der Waals surface area contributed by atoms with Gasteiger partial charge in [-0.15, -0.1) is 0 Å². The van der Waals surface area contributed by atoms with Crippen LogP contribution >= 0.6 is 0 Å². The Bertz CT molecular complexity index is 608. The van der Waals surface area contributed by atoms with E-state index in [1.54, 1.807) is 6.92 Å². The molecule has 0 radical (unpaired) electrons. The van der Waals surface area contributed by atoms with Crippen LogP contribution in [-0.2, 0) is 10.0 Å². The Hall–Kier alpha value is -1.89. The molecule has 0 fully saturated rings. The number of sulfonamides is 1. The van der Waals surface area contributed by atoms with Gasteiger partial charge in [-0.1, -0.05) is 0 Å². The molecule has 0 aliphatic rings. The zero-order chi connectivity index (χ0) is 13.2. The summed E-state index contributed by atoms with van der Waals surface area (Å²) in [6, 6.07) is 6.67. The largest absolute Gasteiger partial charge is 0.281 e. The van der Waals surface area contributed by atoms with Crippen molar-refractivity contribution in [3.8, 4) is 0 Å². The van der Waals surface area contributed by atoms with Crippen LogP contribution in [0.1, 0.15) is 6.92 Å². The van der Waals surface area contributed by atoms with E-state index in [9.17, 15) is 12.8 Å². The Labute approximate surface area is 104 Å². The molecule has 0 unspecified atom stereocenters. The summed E-state index contributed by atoms with van der Waals surface area (Å²) in [6.45, 7) is 1.95. The fraction of sp³-hybridized carbons (Fsp3) is 0.182. The topological polar surface area (TPSA) is 66.1 Å². The fourth-order valence-electron chi connectivity index (χ4n) is 1.60. The van der Waals surface area contributed by atoms with Gasteiger partial charge in [0.2, 0.25) is 0 Å².